The second-order valence-electron chi connectivity index (χ2n) is 4.24. The number of rotatable bonds is 4. The first-order valence-corrected chi connectivity index (χ1v) is 6.04. The van der Waals surface area contributed by atoms with Crippen molar-refractivity contribution in [2.45, 2.75) is 12.7 Å². The van der Waals surface area contributed by atoms with Crippen LogP contribution in [0.5, 0.6) is 5.75 Å². The highest BCUT2D eigenvalue weighted by atomic mass is 19.4. The molecule has 2 aromatic carbocycles. The Kier molecular flexibility index (Phi) is 4.17. The zero-order chi connectivity index (χ0) is 14.6. The molecule has 20 heavy (non-hydrogen) atoms. The van der Waals surface area contributed by atoms with Crippen LogP contribution in [0.25, 0.3) is 0 Å². The number of nitrogens with one attached hydrogen (secondary N) is 1. The van der Waals surface area contributed by atoms with E-state index in [0.717, 1.165) is 17.7 Å². The van der Waals surface area contributed by atoms with Crippen LogP contribution in [-0.2, 0) is 12.7 Å². The van der Waals surface area contributed by atoms with Crippen LogP contribution in [0.3, 0.4) is 0 Å². The predicted molar refractivity (Wildman–Crippen MR) is 71.8 cm³/mol. The summed E-state index contributed by atoms with van der Waals surface area (Å²) in [5.41, 5.74) is 0.640. The van der Waals surface area contributed by atoms with Crippen molar-refractivity contribution >= 4 is 5.69 Å². The average Bonchev–Trinajstić information content (AvgIpc) is 2.45. The molecule has 0 aliphatic rings. The maximum atomic E-state index is 12.6. The molecule has 0 spiro atoms. The van der Waals surface area contributed by atoms with Crippen LogP contribution >= 0.6 is 0 Å². The summed E-state index contributed by atoms with van der Waals surface area (Å²) in [4.78, 5) is 0. The zero-order valence-corrected chi connectivity index (χ0v) is 10.9. The van der Waals surface area contributed by atoms with Gasteiger partial charge in [-0.05, 0) is 24.3 Å². The van der Waals surface area contributed by atoms with Crippen molar-refractivity contribution in [3.63, 3.8) is 0 Å². The fourth-order valence-electron chi connectivity index (χ4n) is 1.85. The van der Waals surface area contributed by atoms with Crippen LogP contribution in [0.4, 0.5) is 18.9 Å². The Morgan fingerprint density at radius 2 is 1.80 bits per heavy atom. The number of anilines is 1. The first-order valence-electron chi connectivity index (χ1n) is 6.04. The van der Waals surface area contributed by atoms with E-state index in [4.69, 9.17) is 4.74 Å². The molecule has 106 valence electrons. The summed E-state index contributed by atoms with van der Waals surface area (Å²) in [6.07, 6.45) is -4.33. The summed E-state index contributed by atoms with van der Waals surface area (Å²) in [7, 11) is 1.56. The normalized spacial score (nSPS) is 11.2. The van der Waals surface area contributed by atoms with E-state index in [2.05, 4.69) is 5.32 Å². The van der Waals surface area contributed by atoms with Crippen molar-refractivity contribution in [3.8, 4) is 5.75 Å². The smallest absolute Gasteiger partial charge is 0.416 e. The lowest BCUT2D eigenvalue weighted by Crippen LogP contribution is -2.06. The van der Waals surface area contributed by atoms with Gasteiger partial charge in [-0.2, -0.15) is 13.2 Å². The first kappa shape index (κ1) is 14.2. The van der Waals surface area contributed by atoms with Crippen LogP contribution in [0, 0.1) is 0 Å². The van der Waals surface area contributed by atoms with Gasteiger partial charge >= 0.3 is 6.18 Å². The van der Waals surface area contributed by atoms with Gasteiger partial charge in [0.25, 0.3) is 0 Å². The SMILES string of the molecule is COc1ccccc1CNc1cccc(C(F)(F)F)c1. The van der Waals surface area contributed by atoms with E-state index >= 15 is 0 Å². The van der Waals surface area contributed by atoms with Gasteiger partial charge in [-0.3, -0.25) is 0 Å². The Hall–Kier alpha value is -2.17. The third-order valence-electron chi connectivity index (χ3n) is 2.87. The molecular weight excluding hydrogens is 267 g/mol. The Labute approximate surface area is 115 Å². The first-order chi connectivity index (χ1) is 9.50. The fraction of sp³-hybridized carbons (Fsp3) is 0.200. The van der Waals surface area contributed by atoms with Crippen molar-refractivity contribution in [2.75, 3.05) is 12.4 Å². The van der Waals surface area contributed by atoms with Gasteiger partial charge in [0.1, 0.15) is 5.75 Å². The molecule has 0 fully saturated rings. The lowest BCUT2D eigenvalue weighted by atomic mass is 10.1. The molecule has 2 aromatic rings. The van der Waals surface area contributed by atoms with Gasteiger partial charge in [0, 0.05) is 17.8 Å². The molecule has 0 saturated heterocycles. The number of halogens is 3. The maximum absolute atomic E-state index is 12.6. The average molecular weight is 281 g/mol. The Bertz CT molecular complexity index is 581. The lowest BCUT2D eigenvalue weighted by molar-refractivity contribution is -0.137. The quantitative estimate of drug-likeness (QED) is 0.900. The third kappa shape index (κ3) is 3.44. The van der Waals surface area contributed by atoms with Gasteiger partial charge < -0.3 is 10.1 Å². The molecular formula is C15H14F3NO. The maximum Gasteiger partial charge on any atom is 0.416 e. The largest absolute Gasteiger partial charge is 0.496 e. The van der Waals surface area contributed by atoms with E-state index in [1.165, 1.54) is 6.07 Å². The third-order valence-corrected chi connectivity index (χ3v) is 2.87. The second kappa shape index (κ2) is 5.86. The van der Waals surface area contributed by atoms with Gasteiger partial charge in [0.05, 0.1) is 12.7 Å². The van der Waals surface area contributed by atoms with E-state index < -0.39 is 11.7 Å². The van der Waals surface area contributed by atoms with Crippen LogP contribution in [-0.4, -0.2) is 7.11 Å². The molecule has 0 atom stereocenters. The van der Waals surface area contributed by atoms with Crippen molar-refractivity contribution in [3.05, 3.63) is 59.7 Å². The van der Waals surface area contributed by atoms with Gasteiger partial charge in [0.2, 0.25) is 0 Å². The molecule has 0 amide bonds. The number of hydrogen-bond donors (Lipinski definition) is 1. The van der Waals surface area contributed by atoms with Crippen molar-refractivity contribution in [1.82, 2.24) is 0 Å². The van der Waals surface area contributed by atoms with Gasteiger partial charge in [-0.15, -0.1) is 0 Å². The standard InChI is InChI=1S/C15H14F3NO/c1-20-14-8-3-2-5-11(14)10-19-13-7-4-6-12(9-13)15(16,17)18/h2-9,19H,10H2,1H3. The van der Waals surface area contributed by atoms with Gasteiger partial charge in [-0.25, -0.2) is 0 Å². The number of ether oxygens (including phenoxy) is 1. The van der Waals surface area contributed by atoms with Gasteiger partial charge in [0.15, 0.2) is 0 Å². The molecule has 0 radical (unpaired) electrons. The van der Waals surface area contributed by atoms with Gasteiger partial charge in [-0.1, -0.05) is 24.3 Å². The van der Waals surface area contributed by atoms with Crippen molar-refractivity contribution in [1.29, 1.82) is 0 Å². The predicted octanol–water partition coefficient (Wildman–Crippen LogP) is 4.33. The highest BCUT2D eigenvalue weighted by Crippen LogP contribution is 2.30. The summed E-state index contributed by atoms with van der Waals surface area (Å²) in [6, 6.07) is 12.5. The number of benzene rings is 2. The minimum Gasteiger partial charge on any atom is -0.496 e. The second-order valence-corrected chi connectivity index (χ2v) is 4.24. The highest BCUT2D eigenvalue weighted by molar-refractivity contribution is 5.48. The summed E-state index contributed by atoms with van der Waals surface area (Å²) >= 11 is 0. The molecule has 0 bridgehead atoms. The zero-order valence-electron chi connectivity index (χ0n) is 10.9. The number of para-hydroxylation sites is 1. The van der Waals surface area contributed by atoms with E-state index in [9.17, 15) is 13.2 Å². The topological polar surface area (TPSA) is 21.3 Å². The molecule has 2 rings (SSSR count). The fourth-order valence-corrected chi connectivity index (χ4v) is 1.85. The Balaban J connectivity index is 2.11. The molecule has 0 saturated carbocycles. The molecule has 0 aliphatic heterocycles. The molecule has 0 aliphatic carbocycles. The molecule has 2 nitrogen and oxygen atoms in total. The molecule has 0 heterocycles. The molecule has 0 aromatic heterocycles. The van der Waals surface area contributed by atoms with Crippen LogP contribution in [0.15, 0.2) is 48.5 Å². The van der Waals surface area contributed by atoms with Crippen LogP contribution < -0.4 is 10.1 Å². The van der Waals surface area contributed by atoms with Crippen molar-refractivity contribution < 1.29 is 17.9 Å². The van der Waals surface area contributed by atoms with Crippen LogP contribution in [0.1, 0.15) is 11.1 Å². The minimum atomic E-state index is -4.33. The lowest BCUT2D eigenvalue weighted by Gasteiger charge is -2.12. The monoisotopic (exact) mass is 281 g/mol. The molecule has 5 heteroatoms. The summed E-state index contributed by atoms with van der Waals surface area (Å²) < 4.78 is 43.0. The highest BCUT2D eigenvalue weighted by Gasteiger charge is 2.30. The number of hydrogen-bond acceptors (Lipinski definition) is 2. The van der Waals surface area contributed by atoms with E-state index in [1.54, 1.807) is 13.2 Å². The van der Waals surface area contributed by atoms with E-state index in [0.29, 0.717) is 18.0 Å². The van der Waals surface area contributed by atoms with Crippen LogP contribution in [0.2, 0.25) is 0 Å². The van der Waals surface area contributed by atoms with E-state index in [-0.39, 0.29) is 0 Å². The van der Waals surface area contributed by atoms with E-state index in [1.807, 2.05) is 24.3 Å². The molecule has 1 N–H and O–H groups in total. The summed E-state index contributed by atoms with van der Waals surface area (Å²) in [5, 5.41) is 2.97. The Morgan fingerprint density at radius 3 is 2.50 bits per heavy atom. The van der Waals surface area contributed by atoms with Crippen molar-refractivity contribution in [2.24, 2.45) is 0 Å². The summed E-state index contributed by atoms with van der Waals surface area (Å²) in [5.74, 6) is 0.701. The Morgan fingerprint density at radius 1 is 1.05 bits per heavy atom. The minimum absolute atomic E-state index is 0.394. The number of methoxy groups -OCH3 is 1. The summed E-state index contributed by atoms with van der Waals surface area (Å²) in [6.45, 7) is 0.394. The molecule has 0 unspecified atom stereocenters. The number of alkyl halides is 3.